The van der Waals surface area contributed by atoms with Gasteiger partial charge in [-0.2, -0.15) is 0 Å². The fourth-order valence-electron chi connectivity index (χ4n) is 3.90. The van der Waals surface area contributed by atoms with E-state index in [2.05, 4.69) is 34.3 Å². The number of nitrogens with zero attached hydrogens (tertiary/aromatic N) is 2. The van der Waals surface area contributed by atoms with E-state index in [1.165, 1.54) is 42.5 Å². The van der Waals surface area contributed by atoms with E-state index in [0.717, 1.165) is 24.4 Å². The molecule has 4 heteroatoms. The van der Waals surface area contributed by atoms with Gasteiger partial charge in [-0.1, -0.05) is 13.3 Å². The average molecular weight is 296 g/mol. The number of fused-ring (bicyclic) bond motifs is 2. The maximum Gasteiger partial charge on any atom is 0.137 e. The van der Waals surface area contributed by atoms with E-state index in [0.29, 0.717) is 12.1 Å². The summed E-state index contributed by atoms with van der Waals surface area (Å²) in [7, 11) is 0. The van der Waals surface area contributed by atoms with Gasteiger partial charge in [-0.05, 0) is 49.3 Å². The summed E-state index contributed by atoms with van der Waals surface area (Å²) in [6.07, 6.45) is 11.2. The first-order valence-corrected chi connectivity index (χ1v) is 8.57. The zero-order chi connectivity index (χ0) is 14.9. The van der Waals surface area contributed by atoms with Gasteiger partial charge in [-0.15, -0.1) is 0 Å². The second-order valence-electron chi connectivity index (χ2n) is 6.74. The van der Waals surface area contributed by atoms with Crippen LogP contribution >= 0.6 is 0 Å². The largest absolute Gasteiger partial charge is 0.369 e. The lowest BCUT2D eigenvalue weighted by molar-refractivity contribution is 0.283. The van der Waals surface area contributed by atoms with Gasteiger partial charge in [0.25, 0.3) is 0 Å². The van der Waals surface area contributed by atoms with Gasteiger partial charge in [0.05, 0.1) is 11.9 Å². The molecule has 3 heterocycles. The molecule has 0 aromatic carbocycles. The number of rotatable bonds is 4. The predicted octanol–water partition coefficient (Wildman–Crippen LogP) is 3.44. The quantitative estimate of drug-likeness (QED) is 0.908. The normalized spacial score (nSPS) is 27.5. The molecule has 1 aliphatic carbocycles. The van der Waals surface area contributed by atoms with Gasteiger partial charge < -0.3 is 10.3 Å². The molecule has 22 heavy (non-hydrogen) atoms. The summed E-state index contributed by atoms with van der Waals surface area (Å²) < 4.78 is 0. The Bertz CT molecular complexity index is 687. The van der Waals surface area contributed by atoms with E-state index >= 15 is 0 Å². The van der Waals surface area contributed by atoms with E-state index in [1.807, 2.05) is 12.4 Å². The number of aromatic nitrogens is 2. The zero-order valence-electron chi connectivity index (χ0n) is 13.2. The maximum atomic E-state index is 4.93. The monoisotopic (exact) mass is 296 g/mol. The molecule has 0 saturated heterocycles. The van der Waals surface area contributed by atoms with Crippen LogP contribution in [0.15, 0.2) is 29.5 Å². The van der Waals surface area contributed by atoms with Gasteiger partial charge >= 0.3 is 0 Å². The molecule has 2 aromatic heterocycles. The summed E-state index contributed by atoms with van der Waals surface area (Å²) in [5, 5.41) is 4.88. The van der Waals surface area contributed by atoms with E-state index in [1.54, 1.807) is 0 Å². The number of aromatic amines is 1. The molecule has 1 saturated carbocycles. The van der Waals surface area contributed by atoms with Crippen molar-refractivity contribution in [1.82, 2.24) is 15.3 Å². The zero-order valence-corrected chi connectivity index (χ0v) is 13.2. The fraction of sp³-hybridized carbons (Fsp3) is 0.556. The number of aliphatic imine (C=N–C) groups is 1. The van der Waals surface area contributed by atoms with Crippen LogP contribution in [0.3, 0.4) is 0 Å². The standard InChI is InChI=1S/C18H24N4/c1-2-12-3-5-15-16(10-12)22-17(21-15)6-4-13-9-14-7-8-19-18(14)20-11-13/h7-9,11-12,15-16H,2-6,10H2,1H3,(H,19,20)(H,21,22)/t12-,15?,16?/m0/s1. The van der Waals surface area contributed by atoms with Crippen molar-refractivity contribution in [2.45, 2.75) is 57.5 Å². The van der Waals surface area contributed by atoms with Crippen molar-refractivity contribution in [3.8, 4) is 0 Å². The van der Waals surface area contributed by atoms with E-state index in [9.17, 15) is 0 Å². The molecule has 116 valence electrons. The van der Waals surface area contributed by atoms with Crippen LogP contribution < -0.4 is 5.32 Å². The maximum absolute atomic E-state index is 4.93. The molecule has 0 spiro atoms. The Hall–Kier alpha value is -1.84. The third-order valence-electron chi connectivity index (χ3n) is 5.28. The van der Waals surface area contributed by atoms with Gasteiger partial charge in [-0.3, -0.25) is 4.99 Å². The fourth-order valence-corrected chi connectivity index (χ4v) is 3.90. The third kappa shape index (κ3) is 2.62. The lowest BCUT2D eigenvalue weighted by Crippen LogP contribution is -2.39. The molecule has 1 aliphatic heterocycles. The summed E-state index contributed by atoms with van der Waals surface area (Å²) in [6, 6.07) is 5.44. The number of pyridine rings is 1. The summed E-state index contributed by atoms with van der Waals surface area (Å²) in [5.41, 5.74) is 2.26. The lowest BCUT2D eigenvalue weighted by atomic mass is 9.82. The molecule has 2 unspecified atom stereocenters. The lowest BCUT2D eigenvalue weighted by Gasteiger charge is -2.29. The summed E-state index contributed by atoms with van der Waals surface area (Å²) in [6.45, 7) is 2.31. The van der Waals surface area contributed by atoms with Gasteiger partial charge in [0.15, 0.2) is 0 Å². The van der Waals surface area contributed by atoms with Gasteiger partial charge in [0.1, 0.15) is 5.65 Å². The Morgan fingerprint density at radius 1 is 1.27 bits per heavy atom. The van der Waals surface area contributed by atoms with Crippen LogP contribution in [0.2, 0.25) is 0 Å². The number of nitrogens with one attached hydrogen (secondary N) is 2. The minimum atomic E-state index is 0.531. The number of amidine groups is 1. The first-order valence-electron chi connectivity index (χ1n) is 8.57. The van der Waals surface area contributed by atoms with Crippen molar-refractivity contribution in [3.63, 3.8) is 0 Å². The van der Waals surface area contributed by atoms with Crippen LogP contribution in [0, 0.1) is 5.92 Å². The first-order chi connectivity index (χ1) is 10.8. The van der Waals surface area contributed by atoms with Crippen molar-refractivity contribution < 1.29 is 0 Å². The van der Waals surface area contributed by atoms with Gasteiger partial charge in [0, 0.05) is 30.2 Å². The van der Waals surface area contributed by atoms with Crippen LogP contribution in [0.5, 0.6) is 0 Å². The summed E-state index contributed by atoms with van der Waals surface area (Å²) in [4.78, 5) is 12.5. The van der Waals surface area contributed by atoms with Crippen molar-refractivity contribution >= 4 is 16.9 Å². The highest BCUT2D eigenvalue weighted by Crippen LogP contribution is 2.31. The smallest absolute Gasteiger partial charge is 0.137 e. The molecule has 0 amide bonds. The second-order valence-corrected chi connectivity index (χ2v) is 6.74. The Balaban J connectivity index is 1.38. The number of hydrogen-bond acceptors (Lipinski definition) is 3. The Morgan fingerprint density at radius 3 is 3.14 bits per heavy atom. The molecule has 4 nitrogen and oxygen atoms in total. The van der Waals surface area contributed by atoms with Crippen molar-refractivity contribution in [1.29, 1.82) is 0 Å². The number of hydrogen-bond donors (Lipinski definition) is 2. The SMILES string of the molecule is CC[C@H]1CCC2N=C(CCc3cnc4[nH]ccc4c3)NC2C1. The summed E-state index contributed by atoms with van der Waals surface area (Å²) >= 11 is 0. The molecule has 2 aromatic rings. The highest BCUT2D eigenvalue weighted by Gasteiger charge is 2.33. The highest BCUT2D eigenvalue weighted by molar-refractivity contribution is 5.85. The first kappa shape index (κ1) is 13.8. The molecule has 2 aliphatic rings. The molecule has 0 radical (unpaired) electrons. The van der Waals surface area contributed by atoms with E-state index in [-0.39, 0.29) is 0 Å². The van der Waals surface area contributed by atoms with Crippen LogP contribution in [-0.4, -0.2) is 27.9 Å². The van der Waals surface area contributed by atoms with E-state index in [4.69, 9.17) is 4.99 Å². The Labute approximate surface area is 131 Å². The number of H-pyrrole nitrogens is 1. The van der Waals surface area contributed by atoms with Crippen LogP contribution in [0.25, 0.3) is 11.0 Å². The predicted molar refractivity (Wildman–Crippen MR) is 90.2 cm³/mol. The topological polar surface area (TPSA) is 53.1 Å². The summed E-state index contributed by atoms with van der Waals surface area (Å²) in [5.74, 6) is 2.10. The third-order valence-corrected chi connectivity index (χ3v) is 5.28. The molecular formula is C18H24N4. The van der Waals surface area contributed by atoms with Crippen LogP contribution in [0.1, 0.15) is 44.6 Å². The molecule has 1 fully saturated rings. The minimum absolute atomic E-state index is 0.531. The minimum Gasteiger partial charge on any atom is -0.369 e. The van der Waals surface area contributed by atoms with Gasteiger partial charge in [0.2, 0.25) is 0 Å². The molecule has 0 bridgehead atoms. The van der Waals surface area contributed by atoms with Crippen molar-refractivity contribution in [2.24, 2.45) is 10.9 Å². The molecular weight excluding hydrogens is 272 g/mol. The van der Waals surface area contributed by atoms with Crippen molar-refractivity contribution in [3.05, 3.63) is 30.1 Å². The van der Waals surface area contributed by atoms with Crippen LogP contribution in [0.4, 0.5) is 0 Å². The molecule has 4 rings (SSSR count). The van der Waals surface area contributed by atoms with Crippen LogP contribution in [-0.2, 0) is 6.42 Å². The molecule has 3 atom stereocenters. The van der Waals surface area contributed by atoms with E-state index < -0.39 is 0 Å². The second kappa shape index (κ2) is 5.75. The Kier molecular flexibility index (Phi) is 3.60. The molecule has 2 N–H and O–H groups in total. The highest BCUT2D eigenvalue weighted by atomic mass is 15.1. The van der Waals surface area contributed by atoms with Gasteiger partial charge in [-0.25, -0.2) is 4.98 Å². The number of aryl methyl sites for hydroxylation is 1. The Morgan fingerprint density at radius 2 is 2.23 bits per heavy atom. The van der Waals surface area contributed by atoms with Crippen molar-refractivity contribution in [2.75, 3.05) is 0 Å². The average Bonchev–Trinajstić information content (AvgIpc) is 3.17.